The fourth-order valence-corrected chi connectivity index (χ4v) is 2.74. The summed E-state index contributed by atoms with van der Waals surface area (Å²) in [5.41, 5.74) is 6.34. The molecule has 0 aliphatic carbocycles. The second-order valence-corrected chi connectivity index (χ2v) is 5.86. The van der Waals surface area contributed by atoms with E-state index < -0.39 is 0 Å². The molecular weight excluding hydrogens is 347 g/mol. The number of aromatic nitrogens is 4. The first kappa shape index (κ1) is 16.6. The summed E-state index contributed by atoms with van der Waals surface area (Å²) in [5.74, 6) is -0.589. The van der Waals surface area contributed by atoms with Crippen LogP contribution in [0.5, 0.6) is 0 Å². The van der Waals surface area contributed by atoms with E-state index in [2.05, 4.69) is 25.7 Å². The van der Waals surface area contributed by atoms with Crippen molar-refractivity contribution in [2.45, 2.75) is 6.54 Å². The lowest BCUT2D eigenvalue weighted by molar-refractivity contribution is -0.121. The maximum absolute atomic E-state index is 13.1. The predicted octanol–water partition coefficient (Wildman–Crippen LogP) is 2.72. The SMILES string of the molecule is O=C(Cn1cnc2ccccc21)N/N=C\c1cn[nH]c1-c1ccc(F)cc1. The Morgan fingerprint density at radius 3 is 2.89 bits per heavy atom. The van der Waals surface area contributed by atoms with Gasteiger partial charge in [-0.2, -0.15) is 10.2 Å². The Balaban J connectivity index is 1.43. The van der Waals surface area contributed by atoms with Crippen molar-refractivity contribution in [1.29, 1.82) is 0 Å². The Bertz CT molecular complexity index is 1110. The van der Waals surface area contributed by atoms with E-state index in [1.54, 1.807) is 29.2 Å². The summed E-state index contributed by atoms with van der Waals surface area (Å²) in [6.07, 6.45) is 4.69. The highest BCUT2D eigenvalue weighted by Crippen LogP contribution is 2.20. The Morgan fingerprint density at radius 2 is 2.04 bits per heavy atom. The molecule has 0 bridgehead atoms. The second kappa shape index (κ2) is 7.20. The molecule has 0 saturated heterocycles. The smallest absolute Gasteiger partial charge is 0.260 e. The van der Waals surface area contributed by atoms with Gasteiger partial charge in [-0.1, -0.05) is 12.1 Å². The molecule has 0 spiro atoms. The lowest BCUT2D eigenvalue weighted by Crippen LogP contribution is -2.22. The molecule has 0 radical (unpaired) electrons. The van der Waals surface area contributed by atoms with Crippen LogP contribution in [0.4, 0.5) is 4.39 Å². The normalized spacial score (nSPS) is 11.3. The van der Waals surface area contributed by atoms with E-state index in [4.69, 9.17) is 0 Å². The number of carbonyl (C=O) groups excluding carboxylic acids is 1. The Kier molecular flexibility index (Phi) is 4.44. The summed E-state index contributed by atoms with van der Waals surface area (Å²) < 4.78 is 14.8. The van der Waals surface area contributed by atoms with Crippen LogP contribution < -0.4 is 5.43 Å². The van der Waals surface area contributed by atoms with Gasteiger partial charge in [-0.25, -0.2) is 14.8 Å². The van der Waals surface area contributed by atoms with E-state index in [1.807, 2.05) is 24.3 Å². The first-order chi connectivity index (χ1) is 13.2. The minimum Gasteiger partial charge on any atom is -0.321 e. The number of imidazole rings is 1. The zero-order chi connectivity index (χ0) is 18.6. The molecule has 27 heavy (non-hydrogen) atoms. The molecule has 0 saturated carbocycles. The molecule has 0 aliphatic heterocycles. The lowest BCUT2D eigenvalue weighted by atomic mass is 10.1. The van der Waals surface area contributed by atoms with Crippen LogP contribution in [-0.2, 0) is 11.3 Å². The third-order valence-electron chi connectivity index (χ3n) is 4.04. The number of rotatable bonds is 5. The second-order valence-electron chi connectivity index (χ2n) is 5.86. The lowest BCUT2D eigenvalue weighted by Gasteiger charge is -2.03. The van der Waals surface area contributed by atoms with Gasteiger partial charge < -0.3 is 4.57 Å². The predicted molar refractivity (Wildman–Crippen MR) is 99.5 cm³/mol. The van der Waals surface area contributed by atoms with Crippen LogP contribution in [-0.4, -0.2) is 31.9 Å². The molecule has 7 nitrogen and oxygen atoms in total. The highest BCUT2D eigenvalue weighted by Gasteiger charge is 2.08. The third-order valence-corrected chi connectivity index (χ3v) is 4.04. The molecule has 134 valence electrons. The average Bonchev–Trinajstić information content (AvgIpc) is 3.30. The van der Waals surface area contributed by atoms with Gasteiger partial charge in [0.15, 0.2) is 0 Å². The van der Waals surface area contributed by atoms with Gasteiger partial charge in [0.1, 0.15) is 12.4 Å². The van der Waals surface area contributed by atoms with Crippen LogP contribution >= 0.6 is 0 Å². The number of nitrogens with one attached hydrogen (secondary N) is 2. The van der Waals surface area contributed by atoms with Crippen molar-refractivity contribution in [2.75, 3.05) is 0 Å². The van der Waals surface area contributed by atoms with Crippen LogP contribution in [0, 0.1) is 5.82 Å². The van der Waals surface area contributed by atoms with Crippen molar-refractivity contribution in [3.63, 3.8) is 0 Å². The monoisotopic (exact) mass is 362 g/mol. The van der Waals surface area contributed by atoms with Crippen LogP contribution in [0.2, 0.25) is 0 Å². The molecular formula is C19H15FN6O. The number of carbonyl (C=O) groups is 1. The molecule has 0 atom stereocenters. The molecule has 8 heteroatoms. The number of aromatic amines is 1. The van der Waals surface area contributed by atoms with E-state index in [0.29, 0.717) is 11.3 Å². The van der Waals surface area contributed by atoms with Gasteiger partial charge in [-0.15, -0.1) is 0 Å². The minimum absolute atomic E-state index is 0.105. The first-order valence-corrected chi connectivity index (χ1v) is 8.22. The van der Waals surface area contributed by atoms with Crippen LogP contribution in [0.25, 0.3) is 22.3 Å². The fraction of sp³-hybridized carbons (Fsp3) is 0.0526. The van der Waals surface area contributed by atoms with Crippen LogP contribution in [0.15, 0.2) is 66.2 Å². The number of nitrogens with zero attached hydrogens (tertiary/aromatic N) is 4. The first-order valence-electron chi connectivity index (χ1n) is 8.22. The summed E-state index contributed by atoms with van der Waals surface area (Å²) in [7, 11) is 0. The highest BCUT2D eigenvalue weighted by molar-refractivity contribution is 5.89. The maximum atomic E-state index is 13.1. The molecule has 0 unspecified atom stereocenters. The van der Waals surface area contributed by atoms with Crippen molar-refractivity contribution in [3.05, 3.63) is 72.4 Å². The number of amides is 1. The number of hydrogen-bond donors (Lipinski definition) is 2. The van der Waals surface area contributed by atoms with Crippen molar-refractivity contribution >= 4 is 23.2 Å². The molecule has 0 aliphatic rings. The zero-order valence-corrected chi connectivity index (χ0v) is 14.1. The van der Waals surface area contributed by atoms with E-state index in [1.165, 1.54) is 18.3 Å². The number of hydrogen-bond acceptors (Lipinski definition) is 4. The number of fused-ring (bicyclic) bond motifs is 1. The van der Waals surface area contributed by atoms with E-state index >= 15 is 0 Å². The fourth-order valence-electron chi connectivity index (χ4n) is 2.74. The summed E-state index contributed by atoms with van der Waals surface area (Å²) in [4.78, 5) is 16.4. The van der Waals surface area contributed by atoms with Gasteiger partial charge in [0.05, 0.1) is 35.5 Å². The van der Waals surface area contributed by atoms with Crippen LogP contribution in [0.1, 0.15) is 5.56 Å². The maximum Gasteiger partial charge on any atom is 0.260 e. The molecule has 2 aromatic carbocycles. The number of H-pyrrole nitrogens is 1. The third kappa shape index (κ3) is 3.59. The number of halogens is 1. The number of benzene rings is 2. The van der Waals surface area contributed by atoms with Crippen molar-refractivity contribution < 1.29 is 9.18 Å². The number of para-hydroxylation sites is 2. The van der Waals surface area contributed by atoms with Gasteiger partial charge in [-0.3, -0.25) is 9.89 Å². The molecule has 0 fully saturated rings. The summed E-state index contributed by atoms with van der Waals surface area (Å²) in [6, 6.07) is 13.6. The molecule has 2 aromatic heterocycles. The molecule has 4 aromatic rings. The van der Waals surface area contributed by atoms with Gasteiger partial charge in [0.25, 0.3) is 5.91 Å². The van der Waals surface area contributed by atoms with E-state index in [0.717, 1.165) is 16.6 Å². The molecule has 2 N–H and O–H groups in total. The number of hydrazone groups is 1. The molecule has 2 heterocycles. The molecule has 1 amide bonds. The highest BCUT2D eigenvalue weighted by atomic mass is 19.1. The average molecular weight is 362 g/mol. The zero-order valence-electron chi connectivity index (χ0n) is 14.1. The van der Waals surface area contributed by atoms with Crippen LogP contribution in [0.3, 0.4) is 0 Å². The topological polar surface area (TPSA) is 88.0 Å². The summed E-state index contributed by atoms with van der Waals surface area (Å²) in [6.45, 7) is 0.105. The largest absolute Gasteiger partial charge is 0.321 e. The minimum atomic E-state index is -0.312. The van der Waals surface area contributed by atoms with Gasteiger partial charge in [0, 0.05) is 11.1 Å². The quantitative estimate of drug-likeness (QED) is 0.423. The van der Waals surface area contributed by atoms with Gasteiger partial charge >= 0.3 is 0 Å². The Hall–Kier alpha value is -3.81. The van der Waals surface area contributed by atoms with E-state index in [9.17, 15) is 9.18 Å². The molecule has 4 rings (SSSR count). The summed E-state index contributed by atoms with van der Waals surface area (Å²) in [5, 5.41) is 10.8. The van der Waals surface area contributed by atoms with E-state index in [-0.39, 0.29) is 18.3 Å². The van der Waals surface area contributed by atoms with Gasteiger partial charge in [0.2, 0.25) is 0 Å². The van der Waals surface area contributed by atoms with Crippen molar-refractivity contribution in [2.24, 2.45) is 5.10 Å². The Labute approximate surface area is 153 Å². The van der Waals surface area contributed by atoms with Gasteiger partial charge in [-0.05, 0) is 36.4 Å². The van der Waals surface area contributed by atoms with Crippen molar-refractivity contribution in [1.82, 2.24) is 25.2 Å². The van der Waals surface area contributed by atoms with Crippen molar-refractivity contribution in [3.8, 4) is 11.3 Å². The summed E-state index contributed by atoms with van der Waals surface area (Å²) >= 11 is 0. The standard InChI is InChI=1S/C19H15FN6O/c20-15-7-5-13(6-8-15)19-14(10-23-25-19)9-22-24-18(27)11-26-12-21-16-3-1-2-4-17(16)26/h1-10,12H,11H2,(H,23,25)(H,24,27)/b22-9-. The Morgan fingerprint density at radius 1 is 1.22 bits per heavy atom.